The Hall–Kier alpha value is -3.39. The van der Waals surface area contributed by atoms with Gasteiger partial charge in [0.25, 0.3) is 0 Å². The van der Waals surface area contributed by atoms with Crippen LogP contribution in [0, 0.1) is 11.8 Å². The Bertz CT molecular complexity index is 1090. The van der Waals surface area contributed by atoms with Crippen LogP contribution in [0.4, 0.5) is 4.79 Å². The van der Waals surface area contributed by atoms with E-state index in [0.29, 0.717) is 0 Å². The summed E-state index contributed by atoms with van der Waals surface area (Å²) in [6.45, 7) is 7.80. The number of carboxylic acid groups (broad SMARTS) is 1. The smallest absolute Gasteiger partial charge is 0.407 e. The molecule has 8 nitrogen and oxygen atoms in total. The summed E-state index contributed by atoms with van der Waals surface area (Å²) in [4.78, 5) is 39.6. The highest BCUT2D eigenvalue weighted by molar-refractivity contribution is 5.86. The lowest BCUT2D eigenvalue weighted by molar-refractivity contribution is -0.147. The van der Waals surface area contributed by atoms with Gasteiger partial charge < -0.3 is 24.8 Å². The van der Waals surface area contributed by atoms with Crippen LogP contribution in [0.5, 0.6) is 0 Å². The predicted octanol–water partition coefficient (Wildman–Crippen LogP) is 4.91. The second kappa shape index (κ2) is 12.9. The molecule has 2 aromatic rings. The molecule has 0 bridgehead atoms. The molecule has 2 N–H and O–H groups in total. The van der Waals surface area contributed by atoms with Gasteiger partial charge in [0.2, 0.25) is 5.91 Å². The number of hydrogen-bond donors (Lipinski definition) is 2. The van der Waals surface area contributed by atoms with Gasteiger partial charge in [0.15, 0.2) is 0 Å². The molecule has 38 heavy (non-hydrogen) atoms. The van der Waals surface area contributed by atoms with Crippen LogP contribution in [-0.4, -0.2) is 66.9 Å². The van der Waals surface area contributed by atoms with E-state index in [4.69, 9.17) is 9.47 Å². The molecule has 0 saturated carbocycles. The zero-order valence-corrected chi connectivity index (χ0v) is 23.1. The Balaban J connectivity index is 1.73. The summed E-state index contributed by atoms with van der Waals surface area (Å²) >= 11 is 0. The molecule has 4 atom stereocenters. The maximum absolute atomic E-state index is 13.6. The van der Waals surface area contributed by atoms with Gasteiger partial charge in [-0.3, -0.25) is 9.59 Å². The van der Waals surface area contributed by atoms with Crippen molar-refractivity contribution in [1.29, 1.82) is 0 Å². The van der Waals surface area contributed by atoms with Crippen LogP contribution in [0.3, 0.4) is 0 Å². The molecule has 0 unspecified atom stereocenters. The SMILES string of the molecule is CC[C@H](C)[C@@H]([C@@H](CC(=O)O)OC)N(C)C(=O)[C@@H](NC(=O)OCC1c2ccccc2-c2ccccc21)C(C)C. The van der Waals surface area contributed by atoms with Gasteiger partial charge in [-0.15, -0.1) is 0 Å². The van der Waals surface area contributed by atoms with Crippen molar-refractivity contribution in [1.82, 2.24) is 10.2 Å². The quantitative estimate of drug-likeness (QED) is 0.409. The Morgan fingerprint density at radius 2 is 1.55 bits per heavy atom. The van der Waals surface area contributed by atoms with Crippen LogP contribution in [0.1, 0.15) is 57.6 Å². The molecule has 0 radical (unpaired) electrons. The highest BCUT2D eigenvalue weighted by Gasteiger charge is 2.38. The van der Waals surface area contributed by atoms with Gasteiger partial charge >= 0.3 is 12.1 Å². The van der Waals surface area contributed by atoms with Crippen molar-refractivity contribution in [3.05, 3.63) is 59.7 Å². The summed E-state index contributed by atoms with van der Waals surface area (Å²) < 4.78 is 11.2. The van der Waals surface area contributed by atoms with Gasteiger partial charge in [-0.2, -0.15) is 0 Å². The van der Waals surface area contributed by atoms with Crippen molar-refractivity contribution in [3.63, 3.8) is 0 Å². The van der Waals surface area contributed by atoms with Crippen LogP contribution in [0.2, 0.25) is 0 Å². The monoisotopic (exact) mass is 524 g/mol. The summed E-state index contributed by atoms with van der Waals surface area (Å²) in [5.41, 5.74) is 4.49. The molecule has 3 rings (SSSR count). The minimum Gasteiger partial charge on any atom is -0.481 e. The number of alkyl carbamates (subject to hydrolysis) is 1. The zero-order chi connectivity index (χ0) is 28.0. The second-order valence-corrected chi connectivity index (χ2v) is 10.4. The van der Waals surface area contributed by atoms with Crippen LogP contribution >= 0.6 is 0 Å². The van der Waals surface area contributed by atoms with Gasteiger partial charge in [0.1, 0.15) is 12.6 Å². The number of fused-ring (bicyclic) bond motifs is 3. The molecule has 8 heteroatoms. The highest BCUT2D eigenvalue weighted by Crippen LogP contribution is 2.44. The first-order chi connectivity index (χ1) is 18.1. The maximum atomic E-state index is 13.6. The van der Waals surface area contributed by atoms with E-state index in [-0.39, 0.29) is 36.7 Å². The fourth-order valence-electron chi connectivity index (χ4n) is 5.40. The van der Waals surface area contributed by atoms with Crippen molar-refractivity contribution in [2.75, 3.05) is 20.8 Å². The molecule has 0 fully saturated rings. The second-order valence-electron chi connectivity index (χ2n) is 10.4. The molecule has 0 saturated heterocycles. The Labute approximate surface area is 225 Å². The summed E-state index contributed by atoms with van der Waals surface area (Å²) in [5, 5.41) is 12.1. The topological polar surface area (TPSA) is 105 Å². The number of carbonyl (C=O) groups excluding carboxylic acids is 2. The summed E-state index contributed by atoms with van der Waals surface area (Å²) in [7, 11) is 3.10. The number of nitrogens with one attached hydrogen (secondary N) is 1. The average molecular weight is 525 g/mol. The molecule has 1 aliphatic carbocycles. The third-order valence-electron chi connectivity index (χ3n) is 7.63. The van der Waals surface area contributed by atoms with E-state index in [2.05, 4.69) is 29.6 Å². The number of likely N-dealkylation sites (N-methyl/N-ethyl adjacent to an activating group) is 1. The third kappa shape index (κ3) is 6.35. The number of methoxy groups -OCH3 is 1. The lowest BCUT2D eigenvalue weighted by atomic mass is 9.90. The molecular weight excluding hydrogens is 484 g/mol. The number of ether oxygens (including phenoxy) is 2. The summed E-state index contributed by atoms with van der Waals surface area (Å²) in [5.74, 6) is -1.63. The van der Waals surface area contributed by atoms with Crippen LogP contribution < -0.4 is 5.32 Å². The van der Waals surface area contributed by atoms with E-state index in [9.17, 15) is 19.5 Å². The van der Waals surface area contributed by atoms with Crippen molar-refractivity contribution in [3.8, 4) is 11.1 Å². The molecule has 0 spiro atoms. The fraction of sp³-hybridized carbons (Fsp3) is 0.500. The number of hydrogen-bond acceptors (Lipinski definition) is 5. The van der Waals surface area contributed by atoms with E-state index in [1.807, 2.05) is 52.0 Å². The van der Waals surface area contributed by atoms with Gasteiger partial charge in [-0.25, -0.2) is 4.79 Å². The first-order valence-corrected chi connectivity index (χ1v) is 13.2. The van der Waals surface area contributed by atoms with Crippen molar-refractivity contribution < 1.29 is 29.0 Å². The van der Waals surface area contributed by atoms with E-state index >= 15 is 0 Å². The minimum absolute atomic E-state index is 0.0180. The third-order valence-corrected chi connectivity index (χ3v) is 7.63. The van der Waals surface area contributed by atoms with Crippen LogP contribution in [0.15, 0.2) is 48.5 Å². The van der Waals surface area contributed by atoms with Crippen LogP contribution in [-0.2, 0) is 19.1 Å². The number of rotatable bonds is 12. The number of nitrogens with zero attached hydrogens (tertiary/aromatic N) is 1. The van der Waals surface area contributed by atoms with E-state index in [0.717, 1.165) is 28.7 Å². The molecule has 206 valence electrons. The van der Waals surface area contributed by atoms with Gasteiger partial charge in [0, 0.05) is 20.1 Å². The predicted molar refractivity (Wildman–Crippen MR) is 146 cm³/mol. The van der Waals surface area contributed by atoms with Crippen molar-refractivity contribution in [2.24, 2.45) is 11.8 Å². The average Bonchev–Trinajstić information content (AvgIpc) is 3.22. The first kappa shape index (κ1) is 29.2. The number of benzene rings is 2. The normalized spacial score (nSPS) is 15.7. The molecule has 0 heterocycles. The Morgan fingerprint density at radius 3 is 2.03 bits per heavy atom. The van der Waals surface area contributed by atoms with Gasteiger partial charge in [-0.05, 0) is 34.1 Å². The molecule has 2 aromatic carbocycles. The number of amides is 2. The molecule has 2 amide bonds. The van der Waals surface area contributed by atoms with E-state index in [1.165, 1.54) is 12.0 Å². The number of aliphatic carboxylic acids is 1. The fourth-order valence-corrected chi connectivity index (χ4v) is 5.40. The molecule has 1 aliphatic rings. The first-order valence-electron chi connectivity index (χ1n) is 13.2. The van der Waals surface area contributed by atoms with E-state index < -0.39 is 30.3 Å². The number of carbonyl (C=O) groups is 3. The lowest BCUT2D eigenvalue weighted by Crippen LogP contribution is -2.57. The molecule has 0 aliphatic heterocycles. The largest absolute Gasteiger partial charge is 0.481 e. The van der Waals surface area contributed by atoms with Gasteiger partial charge in [-0.1, -0.05) is 82.6 Å². The maximum Gasteiger partial charge on any atom is 0.407 e. The Kier molecular flexibility index (Phi) is 9.91. The lowest BCUT2D eigenvalue weighted by Gasteiger charge is -2.39. The van der Waals surface area contributed by atoms with Crippen molar-refractivity contribution >= 4 is 18.0 Å². The van der Waals surface area contributed by atoms with Crippen molar-refractivity contribution in [2.45, 2.75) is 64.6 Å². The number of carboxylic acids is 1. The highest BCUT2D eigenvalue weighted by atomic mass is 16.5. The summed E-state index contributed by atoms with van der Waals surface area (Å²) in [6, 6.07) is 14.9. The molecular formula is C30H40N2O6. The van der Waals surface area contributed by atoms with Crippen LogP contribution in [0.25, 0.3) is 11.1 Å². The van der Waals surface area contributed by atoms with Gasteiger partial charge in [0.05, 0.1) is 18.6 Å². The molecule has 0 aromatic heterocycles. The zero-order valence-electron chi connectivity index (χ0n) is 23.1. The van der Waals surface area contributed by atoms with E-state index in [1.54, 1.807) is 7.05 Å². The summed E-state index contributed by atoms with van der Waals surface area (Å²) in [6.07, 6.45) is -0.844. The minimum atomic E-state index is -0.997. The Morgan fingerprint density at radius 1 is 1.00 bits per heavy atom. The standard InChI is InChI=1S/C30H40N2O6/c1-7-19(4)28(25(37-6)16-26(33)34)32(5)29(35)27(18(2)3)31-30(36)38-17-24-22-14-10-8-12-20(22)21-13-9-11-15-23(21)24/h8-15,18-19,24-25,27-28H,7,16-17H2,1-6H3,(H,31,36)(H,33,34)/t19-,25+,27-,28-/m0/s1.